The Morgan fingerprint density at radius 3 is 2.18 bits per heavy atom. The highest BCUT2D eigenvalue weighted by atomic mass is 32.2. The number of nitrogens with zero attached hydrogens (tertiary/aromatic N) is 3. The number of hydrogen-bond donors (Lipinski definition) is 0. The lowest BCUT2D eigenvalue weighted by Crippen LogP contribution is -2.44. The van der Waals surface area contributed by atoms with Crippen LogP contribution < -0.4 is 14.4 Å². The lowest BCUT2D eigenvalue weighted by molar-refractivity contribution is -0.113. The molecule has 2 aliphatic heterocycles. The van der Waals surface area contributed by atoms with Crippen LogP contribution in [0, 0.1) is 5.82 Å². The van der Waals surface area contributed by atoms with Gasteiger partial charge >= 0.3 is 0 Å². The van der Waals surface area contributed by atoms with Crippen molar-refractivity contribution in [2.75, 3.05) is 51.3 Å². The summed E-state index contributed by atoms with van der Waals surface area (Å²) in [5.41, 5.74) is 1.57. The van der Waals surface area contributed by atoms with Crippen molar-refractivity contribution in [1.82, 2.24) is 9.80 Å². The fourth-order valence-electron chi connectivity index (χ4n) is 4.35. The normalized spacial score (nSPS) is 17.7. The summed E-state index contributed by atoms with van der Waals surface area (Å²) in [6.45, 7) is 6.16. The minimum absolute atomic E-state index is 0.155. The van der Waals surface area contributed by atoms with Gasteiger partial charge < -0.3 is 19.3 Å². The monoisotopic (exact) mass is 563 g/mol. The Morgan fingerprint density at radius 1 is 0.897 bits per heavy atom. The number of thioether (sulfide) groups is 1. The van der Waals surface area contributed by atoms with E-state index >= 15 is 0 Å². The standard InChI is InChI=1S/C30H30FN3O3S2/c1-32-16-18-33(19-17-32)15-2-20-36-25-13-7-24(8-14-25)34-29(35)28(39-30(34)38)21-22-3-9-26(10-4-22)37-27-11-5-23(31)6-12-27/h3-14,21H,2,15-20H2,1H3. The van der Waals surface area contributed by atoms with E-state index in [4.69, 9.17) is 21.7 Å². The van der Waals surface area contributed by atoms with Gasteiger partial charge in [-0.2, -0.15) is 0 Å². The number of amides is 1. The highest BCUT2D eigenvalue weighted by Gasteiger charge is 2.33. The molecule has 0 unspecified atom stereocenters. The Bertz CT molecular complexity index is 1320. The number of rotatable bonds is 9. The van der Waals surface area contributed by atoms with Gasteiger partial charge in [0, 0.05) is 32.7 Å². The predicted molar refractivity (Wildman–Crippen MR) is 159 cm³/mol. The van der Waals surface area contributed by atoms with Gasteiger partial charge in [-0.3, -0.25) is 9.69 Å². The third-order valence-corrected chi connectivity index (χ3v) is 7.90. The minimum Gasteiger partial charge on any atom is -0.494 e. The Labute approximate surface area is 238 Å². The molecule has 2 saturated heterocycles. The summed E-state index contributed by atoms with van der Waals surface area (Å²) in [5, 5.41) is 0. The molecule has 1 amide bonds. The van der Waals surface area contributed by atoms with E-state index in [9.17, 15) is 9.18 Å². The zero-order valence-electron chi connectivity index (χ0n) is 21.7. The molecule has 3 aromatic carbocycles. The van der Waals surface area contributed by atoms with E-state index in [-0.39, 0.29) is 11.7 Å². The Morgan fingerprint density at radius 2 is 1.51 bits per heavy atom. The van der Waals surface area contributed by atoms with Crippen LogP contribution in [0.5, 0.6) is 17.2 Å². The van der Waals surface area contributed by atoms with Gasteiger partial charge in [-0.05, 0) is 85.8 Å². The number of hydrogen-bond acceptors (Lipinski definition) is 7. The quantitative estimate of drug-likeness (QED) is 0.179. The first-order valence-corrected chi connectivity index (χ1v) is 14.1. The van der Waals surface area contributed by atoms with E-state index in [2.05, 4.69) is 16.8 Å². The number of anilines is 1. The van der Waals surface area contributed by atoms with E-state index in [1.807, 2.05) is 42.5 Å². The van der Waals surface area contributed by atoms with Crippen molar-refractivity contribution < 1.29 is 18.7 Å². The average Bonchev–Trinajstić information content (AvgIpc) is 3.22. The lowest BCUT2D eigenvalue weighted by Gasteiger charge is -2.32. The number of halogens is 1. The lowest BCUT2D eigenvalue weighted by atomic mass is 10.2. The molecule has 0 saturated carbocycles. The molecule has 6 nitrogen and oxygen atoms in total. The summed E-state index contributed by atoms with van der Waals surface area (Å²) in [6.07, 6.45) is 2.79. The van der Waals surface area contributed by atoms with Gasteiger partial charge in [-0.25, -0.2) is 4.39 Å². The second kappa shape index (κ2) is 12.7. The van der Waals surface area contributed by atoms with E-state index in [0.717, 1.165) is 50.5 Å². The van der Waals surface area contributed by atoms with Crippen LogP contribution in [0.1, 0.15) is 12.0 Å². The first-order valence-electron chi connectivity index (χ1n) is 12.9. The summed E-state index contributed by atoms with van der Waals surface area (Å²) < 4.78 is 25.2. The second-order valence-electron chi connectivity index (χ2n) is 9.48. The summed E-state index contributed by atoms with van der Waals surface area (Å²) in [5.74, 6) is 1.48. The molecule has 3 aromatic rings. The van der Waals surface area contributed by atoms with Crippen LogP contribution in [-0.4, -0.2) is 66.4 Å². The van der Waals surface area contributed by atoms with Gasteiger partial charge in [-0.1, -0.05) is 36.1 Å². The number of piperazine rings is 1. The van der Waals surface area contributed by atoms with Crippen LogP contribution in [0.15, 0.2) is 77.7 Å². The molecule has 0 bridgehead atoms. The van der Waals surface area contributed by atoms with Crippen LogP contribution >= 0.6 is 24.0 Å². The van der Waals surface area contributed by atoms with Gasteiger partial charge in [-0.15, -0.1) is 0 Å². The fourth-order valence-corrected chi connectivity index (χ4v) is 5.65. The van der Waals surface area contributed by atoms with Crippen molar-refractivity contribution in [1.29, 1.82) is 0 Å². The summed E-state index contributed by atoms with van der Waals surface area (Å²) in [4.78, 5) is 20.1. The molecule has 0 aromatic heterocycles. The number of benzene rings is 3. The van der Waals surface area contributed by atoms with Gasteiger partial charge in [0.15, 0.2) is 4.32 Å². The average molecular weight is 564 g/mol. The molecule has 0 aliphatic carbocycles. The van der Waals surface area contributed by atoms with Crippen molar-refractivity contribution in [2.45, 2.75) is 6.42 Å². The van der Waals surface area contributed by atoms with E-state index in [1.165, 1.54) is 23.9 Å². The molecule has 0 N–H and O–H groups in total. The maximum absolute atomic E-state index is 13.2. The largest absolute Gasteiger partial charge is 0.494 e. The number of likely N-dealkylation sites (N-methyl/N-ethyl adjacent to an activating group) is 1. The number of ether oxygens (including phenoxy) is 2. The van der Waals surface area contributed by atoms with Crippen molar-refractivity contribution >= 4 is 46.0 Å². The molecule has 0 spiro atoms. The second-order valence-corrected chi connectivity index (χ2v) is 11.2. The Hall–Kier alpha value is -3.24. The maximum Gasteiger partial charge on any atom is 0.270 e. The molecule has 0 atom stereocenters. The topological polar surface area (TPSA) is 45.2 Å². The smallest absolute Gasteiger partial charge is 0.270 e. The minimum atomic E-state index is -0.313. The van der Waals surface area contributed by atoms with Crippen LogP contribution in [0.25, 0.3) is 6.08 Å². The molecule has 5 rings (SSSR count). The van der Waals surface area contributed by atoms with Crippen molar-refractivity contribution in [3.63, 3.8) is 0 Å². The SMILES string of the molecule is CN1CCN(CCCOc2ccc(N3C(=O)C(=Cc4ccc(Oc5ccc(F)cc5)cc4)SC3=S)cc2)CC1. The van der Waals surface area contributed by atoms with Gasteiger partial charge in [0.05, 0.1) is 17.2 Å². The molecule has 2 heterocycles. The fraction of sp³-hybridized carbons (Fsp3) is 0.267. The third kappa shape index (κ3) is 7.24. The van der Waals surface area contributed by atoms with Crippen molar-refractivity contribution in [2.24, 2.45) is 0 Å². The highest BCUT2D eigenvalue weighted by Crippen LogP contribution is 2.36. The first kappa shape index (κ1) is 27.3. The molecular weight excluding hydrogens is 533 g/mol. The summed E-state index contributed by atoms with van der Waals surface area (Å²) >= 11 is 6.80. The van der Waals surface area contributed by atoms with Crippen molar-refractivity contribution in [3.05, 3.63) is 89.1 Å². The Kier molecular flexibility index (Phi) is 8.93. The first-order chi connectivity index (χ1) is 18.9. The van der Waals surface area contributed by atoms with Crippen LogP contribution in [0.4, 0.5) is 10.1 Å². The van der Waals surface area contributed by atoms with Crippen LogP contribution in [-0.2, 0) is 4.79 Å². The number of thiocarbonyl (C=S) groups is 1. The molecule has 0 radical (unpaired) electrons. The molecule has 9 heteroatoms. The van der Waals surface area contributed by atoms with Crippen LogP contribution in [0.3, 0.4) is 0 Å². The number of carbonyl (C=O) groups excluding carboxylic acids is 1. The maximum atomic E-state index is 13.2. The Balaban J connectivity index is 1.14. The molecule has 2 aliphatic rings. The zero-order valence-corrected chi connectivity index (χ0v) is 23.3. The van der Waals surface area contributed by atoms with Gasteiger partial charge in [0.1, 0.15) is 23.1 Å². The molecule has 2 fully saturated rings. The predicted octanol–water partition coefficient (Wildman–Crippen LogP) is 6.04. The third-order valence-electron chi connectivity index (χ3n) is 6.60. The zero-order chi connectivity index (χ0) is 27.2. The van der Waals surface area contributed by atoms with E-state index in [0.29, 0.717) is 33.0 Å². The summed E-state index contributed by atoms with van der Waals surface area (Å²) in [7, 11) is 2.16. The van der Waals surface area contributed by atoms with Crippen molar-refractivity contribution in [3.8, 4) is 17.2 Å². The van der Waals surface area contributed by atoms with Crippen LogP contribution in [0.2, 0.25) is 0 Å². The van der Waals surface area contributed by atoms with E-state index in [1.54, 1.807) is 29.2 Å². The van der Waals surface area contributed by atoms with Gasteiger partial charge in [0.2, 0.25) is 0 Å². The molecule has 202 valence electrons. The molecular formula is C30H30FN3O3S2. The highest BCUT2D eigenvalue weighted by molar-refractivity contribution is 8.27. The number of carbonyl (C=O) groups is 1. The van der Waals surface area contributed by atoms with Gasteiger partial charge in [0.25, 0.3) is 5.91 Å². The molecule has 39 heavy (non-hydrogen) atoms. The van der Waals surface area contributed by atoms with E-state index < -0.39 is 0 Å². The summed E-state index contributed by atoms with van der Waals surface area (Å²) in [6, 6.07) is 20.7.